The van der Waals surface area contributed by atoms with Gasteiger partial charge in [-0.15, -0.1) is 6.42 Å². The number of carbonyl (C=O) groups excluding carboxylic acids is 1. The Kier molecular flexibility index (Phi) is 4.53. The van der Waals surface area contributed by atoms with Crippen molar-refractivity contribution in [1.29, 1.82) is 0 Å². The molecular formula is C12H14N2O4S. The molecule has 0 aliphatic rings. The molecule has 0 aliphatic carbocycles. The van der Waals surface area contributed by atoms with E-state index in [0.717, 1.165) is 6.07 Å². The van der Waals surface area contributed by atoms with Crippen LogP contribution < -0.4 is 15.2 Å². The number of carbonyl (C=O) groups is 1. The van der Waals surface area contributed by atoms with E-state index in [2.05, 4.69) is 10.6 Å². The molecular weight excluding hydrogens is 268 g/mol. The Morgan fingerprint density at radius 1 is 1.53 bits per heavy atom. The Morgan fingerprint density at radius 3 is 2.63 bits per heavy atom. The summed E-state index contributed by atoms with van der Waals surface area (Å²) in [5.41, 5.74) is 5.15. The van der Waals surface area contributed by atoms with Gasteiger partial charge in [0.25, 0.3) is 5.91 Å². The van der Waals surface area contributed by atoms with Crippen molar-refractivity contribution in [2.75, 3.05) is 7.11 Å². The van der Waals surface area contributed by atoms with Crippen molar-refractivity contribution in [3.63, 3.8) is 0 Å². The zero-order valence-corrected chi connectivity index (χ0v) is 11.3. The molecule has 0 spiro atoms. The first kappa shape index (κ1) is 15.0. The molecule has 0 bridgehead atoms. The van der Waals surface area contributed by atoms with E-state index >= 15 is 0 Å². The Labute approximate surface area is 112 Å². The van der Waals surface area contributed by atoms with Gasteiger partial charge in [0.15, 0.2) is 0 Å². The number of hydrogen-bond acceptors (Lipinski definition) is 4. The van der Waals surface area contributed by atoms with Crippen molar-refractivity contribution in [2.45, 2.75) is 17.9 Å². The first-order valence-electron chi connectivity index (χ1n) is 5.28. The van der Waals surface area contributed by atoms with Gasteiger partial charge in [-0.3, -0.25) is 4.79 Å². The number of hydrogen-bond donors (Lipinski definition) is 2. The standard InChI is InChI=1S/C12H14N2O4S/c1-4-8(2)14-19(16,17)9-5-6-11(18-3)10(7-9)12(13)15/h1,5-8,14H,2-3H3,(H2,13,15). The maximum Gasteiger partial charge on any atom is 0.252 e. The van der Waals surface area contributed by atoms with Gasteiger partial charge in [-0.2, -0.15) is 4.72 Å². The number of methoxy groups -OCH3 is 1. The van der Waals surface area contributed by atoms with Crippen LogP contribution in [0, 0.1) is 12.3 Å². The van der Waals surface area contributed by atoms with Gasteiger partial charge < -0.3 is 10.5 Å². The molecule has 3 N–H and O–H groups in total. The van der Waals surface area contributed by atoms with Crippen LogP contribution >= 0.6 is 0 Å². The molecule has 0 saturated heterocycles. The molecule has 1 rings (SSSR count). The number of rotatable bonds is 5. The van der Waals surface area contributed by atoms with Crippen LogP contribution in [0.25, 0.3) is 0 Å². The summed E-state index contributed by atoms with van der Waals surface area (Å²) in [7, 11) is -2.45. The van der Waals surface area contributed by atoms with E-state index in [1.165, 1.54) is 26.2 Å². The number of sulfonamides is 1. The molecule has 1 aromatic carbocycles. The lowest BCUT2D eigenvalue weighted by molar-refractivity contribution is 0.0997. The van der Waals surface area contributed by atoms with E-state index in [4.69, 9.17) is 16.9 Å². The van der Waals surface area contributed by atoms with Crippen LogP contribution in [0.2, 0.25) is 0 Å². The summed E-state index contributed by atoms with van der Waals surface area (Å²) in [5, 5.41) is 0. The summed E-state index contributed by atoms with van der Waals surface area (Å²) in [6, 6.07) is 3.14. The van der Waals surface area contributed by atoms with Gasteiger partial charge in [0.2, 0.25) is 10.0 Å². The van der Waals surface area contributed by atoms with Crippen LogP contribution in [-0.2, 0) is 10.0 Å². The predicted molar refractivity (Wildman–Crippen MR) is 70.1 cm³/mol. The summed E-state index contributed by atoms with van der Waals surface area (Å²) >= 11 is 0. The van der Waals surface area contributed by atoms with Gasteiger partial charge in [-0.25, -0.2) is 8.42 Å². The van der Waals surface area contributed by atoms with Crippen molar-refractivity contribution >= 4 is 15.9 Å². The van der Waals surface area contributed by atoms with Crippen molar-refractivity contribution < 1.29 is 17.9 Å². The fourth-order valence-electron chi connectivity index (χ4n) is 1.38. The number of amides is 1. The predicted octanol–water partition coefficient (Wildman–Crippen LogP) is 0.0941. The van der Waals surface area contributed by atoms with Crippen molar-refractivity contribution in [1.82, 2.24) is 4.72 Å². The molecule has 0 aliphatic heterocycles. The first-order valence-corrected chi connectivity index (χ1v) is 6.76. The highest BCUT2D eigenvalue weighted by Crippen LogP contribution is 2.22. The van der Waals surface area contributed by atoms with Crippen LogP contribution in [0.15, 0.2) is 23.1 Å². The Balaban J connectivity index is 3.26. The molecule has 19 heavy (non-hydrogen) atoms. The molecule has 7 heteroatoms. The molecule has 102 valence electrons. The monoisotopic (exact) mass is 282 g/mol. The largest absolute Gasteiger partial charge is 0.496 e. The minimum absolute atomic E-state index is 0.0151. The molecule has 0 saturated carbocycles. The van der Waals surface area contributed by atoms with E-state index in [-0.39, 0.29) is 16.2 Å². The molecule has 1 atom stereocenters. The lowest BCUT2D eigenvalue weighted by Crippen LogP contribution is -2.31. The minimum atomic E-state index is -3.81. The van der Waals surface area contributed by atoms with Gasteiger partial charge >= 0.3 is 0 Å². The number of ether oxygens (including phenoxy) is 1. The average Bonchev–Trinajstić information content (AvgIpc) is 2.37. The van der Waals surface area contributed by atoms with Gasteiger partial charge in [0.05, 0.1) is 23.6 Å². The second-order valence-corrected chi connectivity index (χ2v) is 5.45. The first-order chi connectivity index (χ1) is 8.81. The summed E-state index contributed by atoms with van der Waals surface area (Å²) in [5.74, 6) is 1.67. The normalized spacial score (nSPS) is 12.5. The molecule has 6 nitrogen and oxygen atoms in total. The SMILES string of the molecule is C#CC(C)NS(=O)(=O)c1ccc(OC)c(C(N)=O)c1. The highest BCUT2D eigenvalue weighted by atomic mass is 32.2. The Hall–Kier alpha value is -2.04. The molecule has 0 radical (unpaired) electrons. The van der Waals surface area contributed by atoms with Crippen LogP contribution in [0.4, 0.5) is 0 Å². The number of nitrogens with two attached hydrogens (primary N) is 1. The highest BCUT2D eigenvalue weighted by Gasteiger charge is 2.19. The summed E-state index contributed by atoms with van der Waals surface area (Å²) in [6.07, 6.45) is 5.11. The number of nitrogens with one attached hydrogen (secondary N) is 1. The van der Waals surface area contributed by atoms with Gasteiger partial charge in [-0.1, -0.05) is 5.92 Å². The quantitative estimate of drug-likeness (QED) is 0.748. The van der Waals surface area contributed by atoms with Gasteiger partial charge in [0.1, 0.15) is 5.75 Å². The summed E-state index contributed by atoms with van der Waals surface area (Å²) < 4.78 is 31.1. The lowest BCUT2D eigenvalue weighted by atomic mass is 10.2. The lowest BCUT2D eigenvalue weighted by Gasteiger charge is -2.11. The minimum Gasteiger partial charge on any atom is -0.496 e. The highest BCUT2D eigenvalue weighted by molar-refractivity contribution is 7.89. The maximum absolute atomic E-state index is 12.0. The molecule has 1 aromatic rings. The third kappa shape index (κ3) is 3.47. The summed E-state index contributed by atoms with van der Waals surface area (Å²) in [6.45, 7) is 1.52. The second kappa shape index (κ2) is 5.73. The van der Waals surface area contributed by atoms with E-state index in [1.54, 1.807) is 0 Å². The fraction of sp³-hybridized carbons (Fsp3) is 0.250. The topological polar surface area (TPSA) is 98.5 Å². The van der Waals surface area contributed by atoms with Crippen LogP contribution in [0.3, 0.4) is 0 Å². The van der Waals surface area contributed by atoms with Crippen LogP contribution in [-0.4, -0.2) is 27.5 Å². The van der Waals surface area contributed by atoms with E-state index in [9.17, 15) is 13.2 Å². The average molecular weight is 282 g/mol. The summed E-state index contributed by atoms with van der Waals surface area (Å²) in [4.78, 5) is 11.1. The van der Waals surface area contributed by atoms with E-state index < -0.39 is 22.0 Å². The molecule has 1 unspecified atom stereocenters. The molecule has 0 heterocycles. The number of benzene rings is 1. The van der Waals surface area contributed by atoms with E-state index in [1.807, 2.05) is 0 Å². The number of primary amides is 1. The molecule has 0 fully saturated rings. The molecule has 0 aromatic heterocycles. The fourth-order valence-corrected chi connectivity index (χ4v) is 2.57. The third-order valence-corrected chi connectivity index (χ3v) is 3.87. The van der Waals surface area contributed by atoms with Gasteiger partial charge in [0, 0.05) is 0 Å². The van der Waals surface area contributed by atoms with Crippen LogP contribution in [0.5, 0.6) is 5.75 Å². The van der Waals surface area contributed by atoms with Crippen molar-refractivity contribution in [3.8, 4) is 18.1 Å². The molecule has 1 amide bonds. The van der Waals surface area contributed by atoms with Crippen molar-refractivity contribution in [3.05, 3.63) is 23.8 Å². The zero-order valence-electron chi connectivity index (χ0n) is 10.5. The zero-order chi connectivity index (χ0) is 14.6. The Morgan fingerprint density at radius 2 is 2.16 bits per heavy atom. The second-order valence-electron chi connectivity index (χ2n) is 3.74. The van der Waals surface area contributed by atoms with Crippen molar-refractivity contribution in [2.24, 2.45) is 5.73 Å². The number of terminal acetylenes is 1. The van der Waals surface area contributed by atoms with E-state index in [0.29, 0.717) is 0 Å². The Bertz CT molecular complexity index is 632. The van der Waals surface area contributed by atoms with Gasteiger partial charge in [-0.05, 0) is 25.1 Å². The smallest absolute Gasteiger partial charge is 0.252 e. The van der Waals surface area contributed by atoms with Crippen LogP contribution in [0.1, 0.15) is 17.3 Å². The third-order valence-electron chi connectivity index (χ3n) is 2.33. The maximum atomic E-state index is 12.0.